The molecule has 2 heterocycles. The average Bonchev–Trinajstić information content (AvgIpc) is 2.82. The number of halogens is 1. The summed E-state index contributed by atoms with van der Waals surface area (Å²) in [5.74, 6) is -0.946. The van der Waals surface area contributed by atoms with Gasteiger partial charge in [0.15, 0.2) is 11.0 Å². The Kier molecular flexibility index (Phi) is 5.24. The van der Waals surface area contributed by atoms with Crippen molar-refractivity contribution in [1.82, 2.24) is 4.98 Å². The molecule has 0 fully saturated rings. The van der Waals surface area contributed by atoms with Gasteiger partial charge >= 0.3 is 5.97 Å². The average molecular weight is 454 g/mol. The summed E-state index contributed by atoms with van der Waals surface area (Å²) in [7, 11) is 0. The normalized spacial score (nSPS) is 11.4. The number of nitrogens with zero attached hydrogens (tertiary/aromatic N) is 1. The maximum atomic E-state index is 12.7. The fourth-order valence-electron chi connectivity index (χ4n) is 3.68. The van der Waals surface area contributed by atoms with Gasteiger partial charge in [-0.3, -0.25) is 4.79 Å². The first kappa shape index (κ1) is 20.7. The van der Waals surface area contributed by atoms with Crippen LogP contribution in [0, 0.1) is 0 Å². The minimum absolute atomic E-state index is 0.00397. The molecule has 0 aliphatic carbocycles. The lowest BCUT2D eigenvalue weighted by molar-refractivity contribution is 0.0698. The highest BCUT2D eigenvalue weighted by molar-refractivity contribution is 6.32. The van der Waals surface area contributed by atoms with Gasteiger partial charge in [-0.15, -0.1) is 0 Å². The molecule has 0 saturated carbocycles. The number of hydrogen-bond acceptors (Lipinski definition) is 4. The predicted octanol–water partition coefficient (Wildman–Crippen LogP) is 6.53. The van der Waals surface area contributed by atoms with Gasteiger partial charge in [0.05, 0.1) is 16.6 Å². The summed E-state index contributed by atoms with van der Waals surface area (Å²) < 4.78 is 5.87. The smallest absolute Gasteiger partial charge is 0.339 e. The molecular weight excluding hydrogens is 438 g/mol. The van der Waals surface area contributed by atoms with Gasteiger partial charge in [0.1, 0.15) is 11.3 Å². The van der Waals surface area contributed by atoms with E-state index in [1.807, 2.05) is 66.7 Å². The van der Waals surface area contributed by atoms with Crippen LogP contribution >= 0.6 is 11.6 Å². The molecule has 0 saturated heterocycles. The Morgan fingerprint density at radius 1 is 0.939 bits per heavy atom. The molecule has 0 radical (unpaired) electrons. The Balaban J connectivity index is 1.54. The van der Waals surface area contributed by atoms with Crippen LogP contribution in [0.2, 0.25) is 5.02 Å². The predicted molar refractivity (Wildman–Crippen MR) is 131 cm³/mol. The Bertz CT molecular complexity index is 1640. The van der Waals surface area contributed by atoms with E-state index in [0.29, 0.717) is 5.56 Å². The monoisotopic (exact) mass is 453 g/mol. The number of carboxylic acid groups (broad SMARTS) is 1. The number of pyridine rings is 1. The van der Waals surface area contributed by atoms with Crippen LogP contribution in [0.4, 0.5) is 0 Å². The minimum atomic E-state index is -1.22. The molecule has 0 aliphatic heterocycles. The Morgan fingerprint density at radius 3 is 2.64 bits per heavy atom. The SMILES string of the molecule is O=C(O)c1cc(Cl)cc2c(=O)cc(-c3cccc(/C=C/c4ccc5ccccc5n4)c3)oc12. The first-order chi connectivity index (χ1) is 16.0. The summed E-state index contributed by atoms with van der Waals surface area (Å²) in [6, 6.07) is 23.3. The molecule has 0 atom stereocenters. The van der Waals surface area contributed by atoms with Crippen molar-refractivity contribution in [1.29, 1.82) is 0 Å². The molecule has 0 aliphatic rings. The molecule has 5 aromatic rings. The zero-order valence-corrected chi connectivity index (χ0v) is 17.9. The first-order valence-electron chi connectivity index (χ1n) is 10.1. The van der Waals surface area contributed by atoms with Crippen molar-refractivity contribution in [2.24, 2.45) is 0 Å². The van der Waals surface area contributed by atoms with E-state index in [1.165, 1.54) is 18.2 Å². The van der Waals surface area contributed by atoms with Crippen molar-refractivity contribution in [2.45, 2.75) is 0 Å². The van der Waals surface area contributed by atoms with Gasteiger partial charge in [0, 0.05) is 22.0 Å². The number of carboxylic acids is 1. The van der Waals surface area contributed by atoms with Crippen molar-refractivity contribution in [3.63, 3.8) is 0 Å². The van der Waals surface area contributed by atoms with Gasteiger partial charge in [-0.1, -0.05) is 60.1 Å². The quantitative estimate of drug-likeness (QED) is 0.334. The molecule has 0 unspecified atom stereocenters. The van der Waals surface area contributed by atoms with E-state index in [4.69, 9.17) is 16.0 Å². The van der Waals surface area contributed by atoms with Crippen LogP contribution in [0.3, 0.4) is 0 Å². The largest absolute Gasteiger partial charge is 0.478 e. The molecule has 160 valence electrons. The van der Waals surface area contributed by atoms with Crippen molar-refractivity contribution in [3.05, 3.63) is 111 Å². The third kappa shape index (κ3) is 4.14. The summed E-state index contributed by atoms with van der Waals surface area (Å²) >= 11 is 5.98. The number of fused-ring (bicyclic) bond motifs is 2. The molecule has 0 spiro atoms. The first-order valence-corrected chi connectivity index (χ1v) is 10.5. The minimum Gasteiger partial charge on any atom is -0.478 e. The summed E-state index contributed by atoms with van der Waals surface area (Å²) in [6.45, 7) is 0. The van der Waals surface area contributed by atoms with E-state index >= 15 is 0 Å². The highest BCUT2D eigenvalue weighted by Gasteiger charge is 2.16. The summed E-state index contributed by atoms with van der Waals surface area (Å²) in [4.78, 5) is 29.0. The lowest BCUT2D eigenvalue weighted by atomic mass is 10.1. The van der Waals surface area contributed by atoms with E-state index in [2.05, 4.69) is 4.98 Å². The van der Waals surface area contributed by atoms with Crippen LogP contribution in [0.1, 0.15) is 21.6 Å². The lowest BCUT2D eigenvalue weighted by Gasteiger charge is -2.07. The standard InChI is InChI=1S/C27H16ClNO4/c28-19-13-21-24(30)15-25(33-26(21)22(14-19)27(31)32)18-6-3-4-16(12-18)8-10-20-11-9-17-5-1-2-7-23(17)29-20/h1-15H,(H,31,32)/b10-8+. The second kappa shape index (κ2) is 8.37. The molecule has 33 heavy (non-hydrogen) atoms. The zero-order valence-electron chi connectivity index (χ0n) is 17.2. The summed E-state index contributed by atoms with van der Waals surface area (Å²) in [5, 5.41) is 10.9. The van der Waals surface area contributed by atoms with Crippen molar-refractivity contribution in [2.75, 3.05) is 0 Å². The van der Waals surface area contributed by atoms with E-state index in [9.17, 15) is 14.7 Å². The van der Waals surface area contributed by atoms with Gasteiger partial charge in [0.2, 0.25) is 0 Å². The Labute approximate surface area is 193 Å². The number of aromatic carboxylic acids is 1. The van der Waals surface area contributed by atoms with E-state index in [0.717, 1.165) is 22.2 Å². The topological polar surface area (TPSA) is 80.4 Å². The van der Waals surface area contributed by atoms with Crippen molar-refractivity contribution in [3.8, 4) is 11.3 Å². The fourth-order valence-corrected chi connectivity index (χ4v) is 3.89. The maximum absolute atomic E-state index is 12.7. The number of benzene rings is 3. The van der Waals surface area contributed by atoms with Crippen LogP contribution in [0.15, 0.2) is 88.1 Å². The maximum Gasteiger partial charge on any atom is 0.339 e. The summed E-state index contributed by atoms with van der Waals surface area (Å²) in [6.07, 6.45) is 3.83. The van der Waals surface area contributed by atoms with Gasteiger partial charge in [-0.25, -0.2) is 9.78 Å². The van der Waals surface area contributed by atoms with E-state index in [1.54, 1.807) is 6.07 Å². The van der Waals surface area contributed by atoms with Crippen LogP contribution in [-0.4, -0.2) is 16.1 Å². The number of rotatable bonds is 4. The van der Waals surface area contributed by atoms with Crippen molar-refractivity contribution >= 4 is 51.6 Å². The third-order valence-corrected chi connectivity index (χ3v) is 5.48. The van der Waals surface area contributed by atoms with E-state index in [-0.39, 0.29) is 32.7 Å². The zero-order chi connectivity index (χ0) is 22.9. The molecule has 5 rings (SSSR count). The molecule has 0 amide bonds. The molecular formula is C27H16ClNO4. The third-order valence-electron chi connectivity index (χ3n) is 5.26. The number of hydrogen-bond donors (Lipinski definition) is 1. The molecule has 2 aromatic heterocycles. The van der Waals surface area contributed by atoms with Crippen molar-refractivity contribution < 1.29 is 14.3 Å². The molecule has 5 nitrogen and oxygen atoms in total. The number of aromatic nitrogens is 1. The van der Waals surface area contributed by atoms with Gasteiger partial charge < -0.3 is 9.52 Å². The van der Waals surface area contributed by atoms with Gasteiger partial charge in [-0.05, 0) is 42.0 Å². The summed E-state index contributed by atoms with van der Waals surface area (Å²) in [5.41, 5.74) is 2.73. The number of carbonyl (C=O) groups is 1. The van der Waals surface area contributed by atoms with E-state index < -0.39 is 5.97 Å². The van der Waals surface area contributed by atoms with Crippen LogP contribution in [0.25, 0.3) is 45.3 Å². The van der Waals surface area contributed by atoms with Gasteiger partial charge in [-0.2, -0.15) is 0 Å². The highest BCUT2D eigenvalue weighted by atomic mass is 35.5. The highest BCUT2D eigenvalue weighted by Crippen LogP contribution is 2.28. The fraction of sp³-hybridized carbons (Fsp3) is 0. The Morgan fingerprint density at radius 2 is 1.79 bits per heavy atom. The second-order valence-electron chi connectivity index (χ2n) is 7.50. The Hall–Kier alpha value is -4.22. The number of para-hydroxylation sites is 1. The van der Waals surface area contributed by atoms with Crippen LogP contribution in [-0.2, 0) is 0 Å². The molecule has 0 bridgehead atoms. The second-order valence-corrected chi connectivity index (χ2v) is 7.93. The molecule has 6 heteroatoms. The van der Waals surface area contributed by atoms with Crippen LogP contribution in [0.5, 0.6) is 0 Å². The lowest BCUT2D eigenvalue weighted by Crippen LogP contribution is -2.05. The molecule has 1 N–H and O–H groups in total. The van der Waals surface area contributed by atoms with Crippen LogP contribution < -0.4 is 5.43 Å². The molecule has 3 aromatic carbocycles. The van der Waals surface area contributed by atoms with Gasteiger partial charge in [0.25, 0.3) is 0 Å².